The van der Waals surface area contributed by atoms with Crippen molar-refractivity contribution in [3.63, 3.8) is 0 Å². The van der Waals surface area contributed by atoms with E-state index < -0.39 is 36.6 Å². The zero-order chi connectivity index (χ0) is 18.5. The topological polar surface area (TPSA) is 101 Å². The van der Waals surface area contributed by atoms with Crippen LogP contribution in [0.25, 0.3) is 11.2 Å². The molecule has 2 saturated heterocycles. The van der Waals surface area contributed by atoms with Crippen LogP contribution >= 0.6 is 0 Å². The van der Waals surface area contributed by atoms with Crippen LogP contribution in [-0.4, -0.2) is 62.1 Å². The smallest absolute Gasteiger partial charge is 0.272 e. The molecule has 2 aliphatic rings. The van der Waals surface area contributed by atoms with E-state index in [1.807, 2.05) is 11.5 Å². The van der Waals surface area contributed by atoms with Gasteiger partial charge in [-0.15, -0.1) is 0 Å². The largest absolute Gasteiger partial charge is 0.391 e. The molecule has 0 amide bonds. The van der Waals surface area contributed by atoms with Crippen molar-refractivity contribution < 1.29 is 24.1 Å². The second-order valence-corrected chi connectivity index (χ2v) is 6.97. The Balaban J connectivity index is 1.77. The Kier molecular flexibility index (Phi) is 4.44. The molecule has 6 atom stereocenters. The highest BCUT2D eigenvalue weighted by Crippen LogP contribution is 2.49. The second-order valence-electron chi connectivity index (χ2n) is 6.97. The number of hydrogen-bond donors (Lipinski definition) is 1. The molecule has 1 N–H and O–H groups in total. The summed E-state index contributed by atoms with van der Waals surface area (Å²) >= 11 is 0. The van der Waals surface area contributed by atoms with Crippen molar-refractivity contribution in [3.8, 4) is 0 Å². The summed E-state index contributed by atoms with van der Waals surface area (Å²) in [5.41, 5.74) is 1.47. The number of hydrogen-bond acceptors (Lipinski definition) is 8. The molecule has 0 aliphatic carbocycles. The average Bonchev–Trinajstić information content (AvgIpc) is 3.25. The molecule has 26 heavy (non-hydrogen) atoms. The van der Waals surface area contributed by atoms with E-state index in [1.54, 1.807) is 13.3 Å². The zero-order valence-electron chi connectivity index (χ0n) is 15.3. The lowest BCUT2D eigenvalue weighted by atomic mass is 9.94. The van der Waals surface area contributed by atoms with Crippen LogP contribution in [0.2, 0.25) is 0 Å². The molecule has 4 heterocycles. The first kappa shape index (κ1) is 17.7. The monoisotopic (exact) mass is 364 g/mol. The van der Waals surface area contributed by atoms with Gasteiger partial charge in [0.25, 0.3) is 6.48 Å². The van der Waals surface area contributed by atoms with Gasteiger partial charge in [-0.05, 0) is 20.3 Å². The number of methoxy groups -OCH3 is 1. The summed E-state index contributed by atoms with van der Waals surface area (Å²) in [4.78, 5) is 13.3. The Bertz CT molecular complexity index is 797. The van der Waals surface area contributed by atoms with E-state index in [4.69, 9.17) is 18.9 Å². The number of ether oxygens (including phenoxy) is 4. The highest BCUT2D eigenvalue weighted by atomic mass is 16.9. The minimum absolute atomic E-state index is 0.480. The van der Waals surface area contributed by atoms with Gasteiger partial charge >= 0.3 is 0 Å². The Hall–Kier alpha value is -1.65. The minimum atomic E-state index is -0.855. The molecule has 0 bridgehead atoms. The van der Waals surface area contributed by atoms with E-state index in [2.05, 4.69) is 21.9 Å². The molecule has 2 aromatic rings. The van der Waals surface area contributed by atoms with E-state index in [1.165, 1.54) is 13.4 Å². The third-order valence-corrected chi connectivity index (χ3v) is 5.09. The third-order valence-electron chi connectivity index (χ3n) is 5.09. The summed E-state index contributed by atoms with van der Waals surface area (Å²) in [6, 6.07) is 0. The van der Waals surface area contributed by atoms with Crippen LogP contribution in [0.4, 0.5) is 0 Å². The lowest BCUT2D eigenvalue weighted by Gasteiger charge is -2.28. The van der Waals surface area contributed by atoms with Gasteiger partial charge in [0.15, 0.2) is 11.9 Å². The van der Waals surface area contributed by atoms with E-state index in [-0.39, 0.29) is 0 Å². The van der Waals surface area contributed by atoms with Gasteiger partial charge in [0.2, 0.25) is 0 Å². The number of imidazole rings is 1. The van der Waals surface area contributed by atoms with Crippen LogP contribution < -0.4 is 0 Å². The molecular weight excluding hydrogens is 340 g/mol. The lowest BCUT2D eigenvalue weighted by Crippen LogP contribution is -2.43. The molecule has 0 saturated carbocycles. The quantitative estimate of drug-likeness (QED) is 0.843. The van der Waals surface area contributed by atoms with Crippen LogP contribution in [0.15, 0.2) is 12.7 Å². The van der Waals surface area contributed by atoms with Crippen molar-refractivity contribution in [2.24, 2.45) is 0 Å². The molecule has 0 aromatic carbocycles. The molecule has 4 rings (SSSR count). The summed E-state index contributed by atoms with van der Waals surface area (Å²) in [5, 5.41) is 10.2. The third kappa shape index (κ3) is 2.54. The second kappa shape index (κ2) is 6.50. The number of aromatic nitrogens is 4. The fourth-order valence-corrected chi connectivity index (χ4v) is 3.82. The molecule has 2 fully saturated rings. The average molecular weight is 364 g/mol. The van der Waals surface area contributed by atoms with Crippen molar-refractivity contribution in [3.05, 3.63) is 18.3 Å². The van der Waals surface area contributed by atoms with Gasteiger partial charge in [0.1, 0.15) is 29.7 Å². The maximum atomic E-state index is 10.2. The Morgan fingerprint density at radius 1 is 1.35 bits per heavy atom. The molecule has 2 aromatic heterocycles. The highest BCUT2D eigenvalue weighted by Gasteiger charge is 2.63. The Morgan fingerprint density at radius 2 is 2.15 bits per heavy atom. The van der Waals surface area contributed by atoms with Gasteiger partial charge in [-0.25, -0.2) is 15.0 Å². The molecule has 142 valence electrons. The minimum Gasteiger partial charge on any atom is -0.391 e. The van der Waals surface area contributed by atoms with Gasteiger partial charge in [0, 0.05) is 7.11 Å². The van der Waals surface area contributed by atoms with E-state index >= 15 is 0 Å². The first-order valence-corrected chi connectivity index (χ1v) is 8.85. The molecule has 0 radical (unpaired) electrons. The van der Waals surface area contributed by atoms with Gasteiger partial charge in [0.05, 0.1) is 18.1 Å². The molecule has 2 aliphatic heterocycles. The van der Waals surface area contributed by atoms with Gasteiger partial charge in [-0.1, -0.05) is 13.3 Å². The van der Waals surface area contributed by atoms with E-state index in [0.717, 1.165) is 24.1 Å². The summed E-state index contributed by atoms with van der Waals surface area (Å²) in [6.45, 7) is 4.85. The van der Waals surface area contributed by atoms with Crippen LogP contribution in [0.5, 0.6) is 0 Å². The van der Waals surface area contributed by atoms with Gasteiger partial charge < -0.3 is 24.1 Å². The van der Waals surface area contributed by atoms with Crippen molar-refractivity contribution in [2.45, 2.75) is 70.2 Å². The summed E-state index contributed by atoms with van der Waals surface area (Å²) in [6.07, 6.45) is 2.67. The summed E-state index contributed by atoms with van der Waals surface area (Å²) < 4.78 is 25.0. The fourth-order valence-electron chi connectivity index (χ4n) is 3.82. The van der Waals surface area contributed by atoms with Crippen LogP contribution in [0.1, 0.15) is 39.1 Å². The Morgan fingerprint density at radius 3 is 2.85 bits per heavy atom. The maximum Gasteiger partial charge on any atom is 0.272 e. The number of fused-ring (bicyclic) bond motifs is 2. The molecule has 9 heteroatoms. The predicted molar refractivity (Wildman–Crippen MR) is 90.1 cm³/mol. The summed E-state index contributed by atoms with van der Waals surface area (Å²) in [7, 11) is 1.51. The number of rotatable bonds is 5. The maximum absolute atomic E-state index is 10.2. The van der Waals surface area contributed by atoms with Crippen molar-refractivity contribution in [2.75, 3.05) is 7.11 Å². The van der Waals surface area contributed by atoms with Crippen LogP contribution in [0.3, 0.4) is 0 Å². The molecule has 6 unspecified atom stereocenters. The number of aliphatic hydroxyl groups is 1. The first-order chi connectivity index (χ1) is 12.5. The van der Waals surface area contributed by atoms with Crippen LogP contribution in [0, 0.1) is 0 Å². The SMILES string of the molecule is CCCc1ncnc2c1ncn2C1OC(C(C)O)C2OC(OC)OC21C. The van der Waals surface area contributed by atoms with Crippen LogP contribution in [-0.2, 0) is 25.4 Å². The normalized spacial score (nSPS) is 35.1. The van der Waals surface area contributed by atoms with Crippen molar-refractivity contribution in [1.29, 1.82) is 0 Å². The first-order valence-electron chi connectivity index (χ1n) is 8.85. The molecule has 9 nitrogen and oxygen atoms in total. The van der Waals surface area contributed by atoms with Crippen molar-refractivity contribution in [1.82, 2.24) is 19.5 Å². The fraction of sp³-hybridized carbons (Fsp3) is 0.706. The molecular formula is C17H24N4O5. The molecule has 0 spiro atoms. The summed E-state index contributed by atoms with van der Waals surface area (Å²) in [5.74, 6) is 0. The predicted octanol–water partition coefficient (Wildman–Crippen LogP) is 1.16. The zero-order valence-corrected chi connectivity index (χ0v) is 15.3. The highest BCUT2D eigenvalue weighted by molar-refractivity contribution is 5.73. The van der Waals surface area contributed by atoms with E-state index in [9.17, 15) is 5.11 Å². The van der Waals surface area contributed by atoms with Crippen molar-refractivity contribution >= 4 is 11.2 Å². The lowest BCUT2D eigenvalue weighted by molar-refractivity contribution is -0.271. The Labute approximate surface area is 151 Å². The number of nitrogens with zero attached hydrogens (tertiary/aromatic N) is 4. The number of aryl methyl sites for hydroxylation is 1. The standard InChI is InChI=1S/C17H24N4O5/c1-5-6-10-11-14(19-7-18-10)21(8-20-11)15-17(3)13(12(24-15)9(2)22)25-16(23-4)26-17/h7-9,12-13,15-16,22H,5-6H2,1-4H3. The van der Waals surface area contributed by atoms with Gasteiger partial charge in [-0.3, -0.25) is 4.57 Å². The van der Waals surface area contributed by atoms with Gasteiger partial charge in [-0.2, -0.15) is 0 Å². The number of aliphatic hydroxyl groups excluding tert-OH is 1. The van der Waals surface area contributed by atoms with E-state index in [0.29, 0.717) is 5.65 Å².